The SMILES string of the molecule is CCOCCN1C(=O)C(NC)c2ccccc21. The molecule has 0 fully saturated rings. The van der Waals surface area contributed by atoms with Crippen molar-refractivity contribution in [2.24, 2.45) is 0 Å². The predicted octanol–water partition coefficient (Wildman–Crippen LogP) is 1.33. The number of ether oxygens (including phenoxy) is 1. The normalized spacial score (nSPS) is 18.6. The van der Waals surface area contributed by atoms with Gasteiger partial charge in [0.25, 0.3) is 0 Å². The van der Waals surface area contributed by atoms with Gasteiger partial charge in [0, 0.05) is 24.4 Å². The minimum atomic E-state index is -0.215. The summed E-state index contributed by atoms with van der Waals surface area (Å²) in [6.07, 6.45) is 0. The van der Waals surface area contributed by atoms with Crippen molar-refractivity contribution in [3.63, 3.8) is 0 Å². The van der Waals surface area contributed by atoms with Crippen LogP contribution in [-0.4, -0.2) is 32.7 Å². The predicted molar refractivity (Wildman–Crippen MR) is 67.1 cm³/mol. The number of hydrogen-bond donors (Lipinski definition) is 1. The van der Waals surface area contributed by atoms with E-state index >= 15 is 0 Å². The molecule has 1 aromatic carbocycles. The van der Waals surface area contributed by atoms with E-state index < -0.39 is 0 Å². The number of likely N-dealkylation sites (N-methyl/N-ethyl adjacent to an activating group) is 1. The molecule has 92 valence electrons. The van der Waals surface area contributed by atoms with Crippen LogP contribution in [0, 0.1) is 0 Å². The molecule has 2 rings (SSSR count). The van der Waals surface area contributed by atoms with Crippen LogP contribution in [0.3, 0.4) is 0 Å². The first-order valence-electron chi connectivity index (χ1n) is 5.95. The summed E-state index contributed by atoms with van der Waals surface area (Å²) < 4.78 is 5.31. The molecular weight excluding hydrogens is 216 g/mol. The molecule has 0 aliphatic carbocycles. The van der Waals surface area contributed by atoms with Gasteiger partial charge in [-0.3, -0.25) is 4.79 Å². The summed E-state index contributed by atoms with van der Waals surface area (Å²) in [5, 5.41) is 3.06. The molecule has 1 heterocycles. The van der Waals surface area contributed by atoms with Crippen molar-refractivity contribution >= 4 is 11.6 Å². The van der Waals surface area contributed by atoms with Crippen LogP contribution in [0.2, 0.25) is 0 Å². The van der Waals surface area contributed by atoms with E-state index in [0.717, 1.165) is 11.3 Å². The highest BCUT2D eigenvalue weighted by Gasteiger charge is 2.35. The average molecular weight is 234 g/mol. The number of hydrogen-bond acceptors (Lipinski definition) is 3. The number of fused-ring (bicyclic) bond motifs is 1. The second-order valence-electron chi connectivity index (χ2n) is 3.97. The Bertz CT molecular complexity index is 406. The summed E-state index contributed by atoms with van der Waals surface area (Å²) in [7, 11) is 1.81. The Morgan fingerprint density at radius 2 is 2.18 bits per heavy atom. The fraction of sp³-hybridized carbons (Fsp3) is 0.462. The molecule has 0 aromatic heterocycles. The summed E-state index contributed by atoms with van der Waals surface area (Å²) in [4.78, 5) is 14.0. The minimum Gasteiger partial charge on any atom is -0.380 e. The zero-order valence-corrected chi connectivity index (χ0v) is 10.3. The average Bonchev–Trinajstić information content (AvgIpc) is 2.62. The molecule has 0 saturated carbocycles. The third kappa shape index (κ3) is 2.18. The van der Waals surface area contributed by atoms with Crippen molar-refractivity contribution in [2.45, 2.75) is 13.0 Å². The molecule has 1 atom stereocenters. The third-order valence-electron chi connectivity index (χ3n) is 3.00. The lowest BCUT2D eigenvalue weighted by Gasteiger charge is -2.17. The Kier molecular flexibility index (Phi) is 3.76. The third-order valence-corrected chi connectivity index (χ3v) is 3.00. The summed E-state index contributed by atoms with van der Waals surface area (Å²) in [5.41, 5.74) is 2.05. The molecular formula is C13H18N2O2. The molecule has 0 saturated heterocycles. The maximum atomic E-state index is 12.2. The molecule has 0 spiro atoms. The van der Waals surface area contributed by atoms with Crippen molar-refractivity contribution in [3.05, 3.63) is 29.8 Å². The number of benzene rings is 1. The Balaban J connectivity index is 2.20. The molecule has 0 bridgehead atoms. The number of nitrogens with one attached hydrogen (secondary N) is 1. The number of rotatable bonds is 5. The van der Waals surface area contributed by atoms with Crippen LogP contribution in [0.1, 0.15) is 18.5 Å². The van der Waals surface area contributed by atoms with Gasteiger partial charge in [0.2, 0.25) is 5.91 Å². The fourth-order valence-corrected chi connectivity index (χ4v) is 2.19. The van der Waals surface area contributed by atoms with Gasteiger partial charge in [-0.25, -0.2) is 0 Å². The Morgan fingerprint density at radius 3 is 2.88 bits per heavy atom. The summed E-state index contributed by atoms with van der Waals surface area (Å²) >= 11 is 0. The Labute approximate surface area is 102 Å². The molecule has 1 aliphatic rings. The second-order valence-corrected chi connectivity index (χ2v) is 3.97. The maximum Gasteiger partial charge on any atom is 0.248 e. The van der Waals surface area contributed by atoms with E-state index in [2.05, 4.69) is 5.32 Å². The van der Waals surface area contributed by atoms with Crippen LogP contribution < -0.4 is 10.2 Å². The Hall–Kier alpha value is -1.39. The van der Waals surface area contributed by atoms with Gasteiger partial charge in [0.1, 0.15) is 6.04 Å². The number of para-hydroxylation sites is 1. The second kappa shape index (κ2) is 5.29. The van der Waals surface area contributed by atoms with Crippen molar-refractivity contribution in [1.82, 2.24) is 5.32 Å². The zero-order valence-electron chi connectivity index (χ0n) is 10.3. The summed E-state index contributed by atoms with van der Waals surface area (Å²) in [6.45, 7) is 3.82. The van der Waals surface area contributed by atoms with Gasteiger partial charge >= 0.3 is 0 Å². The van der Waals surface area contributed by atoms with Crippen LogP contribution in [0.5, 0.6) is 0 Å². The van der Waals surface area contributed by atoms with Crippen LogP contribution in [0.15, 0.2) is 24.3 Å². The number of anilines is 1. The van der Waals surface area contributed by atoms with Gasteiger partial charge in [-0.1, -0.05) is 18.2 Å². The van der Waals surface area contributed by atoms with Gasteiger partial charge in [0.05, 0.1) is 6.61 Å². The van der Waals surface area contributed by atoms with E-state index in [9.17, 15) is 4.79 Å². The van der Waals surface area contributed by atoms with Crippen LogP contribution in [-0.2, 0) is 9.53 Å². The fourth-order valence-electron chi connectivity index (χ4n) is 2.19. The highest BCUT2D eigenvalue weighted by atomic mass is 16.5. The van der Waals surface area contributed by atoms with Crippen molar-refractivity contribution in [2.75, 3.05) is 31.7 Å². The van der Waals surface area contributed by atoms with Gasteiger partial charge in [-0.2, -0.15) is 0 Å². The molecule has 4 heteroatoms. The first-order chi connectivity index (χ1) is 8.29. The molecule has 1 N–H and O–H groups in total. The van der Waals surface area contributed by atoms with E-state index in [0.29, 0.717) is 19.8 Å². The van der Waals surface area contributed by atoms with E-state index in [-0.39, 0.29) is 11.9 Å². The highest BCUT2D eigenvalue weighted by Crippen LogP contribution is 2.34. The van der Waals surface area contributed by atoms with E-state index in [1.807, 2.05) is 38.2 Å². The quantitative estimate of drug-likeness (QED) is 0.781. The van der Waals surface area contributed by atoms with E-state index in [1.54, 1.807) is 4.90 Å². The first-order valence-corrected chi connectivity index (χ1v) is 5.95. The highest BCUT2D eigenvalue weighted by molar-refractivity contribution is 6.04. The molecule has 1 aromatic rings. The molecule has 1 unspecified atom stereocenters. The van der Waals surface area contributed by atoms with Crippen molar-refractivity contribution in [3.8, 4) is 0 Å². The van der Waals surface area contributed by atoms with Crippen molar-refractivity contribution in [1.29, 1.82) is 0 Å². The molecule has 0 radical (unpaired) electrons. The molecule has 1 amide bonds. The van der Waals surface area contributed by atoms with Crippen LogP contribution >= 0.6 is 0 Å². The van der Waals surface area contributed by atoms with Gasteiger partial charge < -0.3 is 15.0 Å². The largest absolute Gasteiger partial charge is 0.380 e. The molecule has 17 heavy (non-hydrogen) atoms. The number of amides is 1. The maximum absolute atomic E-state index is 12.2. The molecule has 4 nitrogen and oxygen atoms in total. The van der Waals surface area contributed by atoms with E-state index in [1.165, 1.54) is 0 Å². The zero-order chi connectivity index (χ0) is 12.3. The lowest BCUT2D eigenvalue weighted by Crippen LogP contribution is -2.35. The standard InChI is InChI=1S/C13H18N2O2/c1-3-17-9-8-15-11-7-5-4-6-10(11)12(14-2)13(15)16/h4-7,12,14H,3,8-9H2,1-2H3. The monoisotopic (exact) mass is 234 g/mol. The van der Waals surface area contributed by atoms with Gasteiger partial charge in [-0.15, -0.1) is 0 Å². The minimum absolute atomic E-state index is 0.105. The number of nitrogens with zero attached hydrogens (tertiary/aromatic N) is 1. The number of carbonyl (C=O) groups excluding carboxylic acids is 1. The van der Waals surface area contributed by atoms with Gasteiger partial charge in [0.15, 0.2) is 0 Å². The van der Waals surface area contributed by atoms with Crippen LogP contribution in [0.4, 0.5) is 5.69 Å². The summed E-state index contributed by atoms with van der Waals surface area (Å²) in [5.74, 6) is 0.105. The smallest absolute Gasteiger partial charge is 0.248 e. The topological polar surface area (TPSA) is 41.6 Å². The number of carbonyl (C=O) groups is 1. The molecule has 1 aliphatic heterocycles. The van der Waals surface area contributed by atoms with Gasteiger partial charge in [-0.05, 0) is 20.0 Å². The van der Waals surface area contributed by atoms with Crippen LogP contribution in [0.25, 0.3) is 0 Å². The first kappa shape index (κ1) is 12.1. The Morgan fingerprint density at radius 1 is 1.41 bits per heavy atom. The van der Waals surface area contributed by atoms with Crippen molar-refractivity contribution < 1.29 is 9.53 Å². The summed E-state index contributed by atoms with van der Waals surface area (Å²) in [6, 6.07) is 7.68. The lowest BCUT2D eigenvalue weighted by atomic mass is 10.1. The lowest BCUT2D eigenvalue weighted by molar-refractivity contribution is -0.120. The van der Waals surface area contributed by atoms with E-state index in [4.69, 9.17) is 4.74 Å².